The molecule has 31 heavy (non-hydrogen) atoms. The number of amides is 1. The predicted molar refractivity (Wildman–Crippen MR) is 120 cm³/mol. The summed E-state index contributed by atoms with van der Waals surface area (Å²) in [5, 5.41) is 21.3. The Morgan fingerprint density at radius 3 is 2.61 bits per heavy atom. The van der Waals surface area contributed by atoms with E-state index in [-0.39, 0.29) is 11.7 Å². The molecule has 0 aliphatic carbocycles. The molecule has 4 rings (SSSR count). The van der Waals surface area contributed by atoms with Crippen molar-refractivity contribution in [3.8, 4) is 11.4 Å². The Morgan fingerprint density at radius 2 is 1.97 bits per heavy atom. The molecule has 0 spiro atoms. The summed E-state index contributed by atoms with van der Waals surface area (Å²) < 4.78 is 9.30. The van der Waals surface area contributed by atoms with Crippen LogP contribution < -0.4 is 10.1 Å². The Bertz CT molecular complexity index is 1180. The molecule has 0 aliphatic rings. The summed E-state index contributed by atoms with van der Waals surface area (Å²) in [5.74, 6) is 1.56. The highest BCUT2D eigenvalue weighted by Gasteiger charge is 2.18. The second kappa shape index (κ2) is 9.31. The van der Waals surface area contributed by atoms with Gasteiger partial charge in [-0.15, -0.1) is 20.4 Å². The molecule has 0 aliphatic heterocycles. The largest absolute Gasteiger partial charge is 0.497 e. The fourth-order valence-corrected chi connectivity index (χ4v) is 4.35. The summed E-state index contributed by atoms with van der Waals surface area (Å²) in [5.41, 5.74) is 2.01. The first-order chi connectivity index (χ1) is 15.0. The van der Waals surface area contributed by atoms with Gasteiger partial charge in [0.15, 0.2) is 5.16 Å². The van der Waals surface area contributed by atoms with Crippen LogP contribution in [-0.4, -0.2) is 48.3 Å². The standard InChI is InChI=1S/C20H21N7O2S2/c1-13-22-24-19(31-13)21-18(28)12-30-20-25-23-17(11-15-5-4-10-26(15)2)27(20)14-6-8-16(29-3)9-7-14/h4-10H,11-12H2,1-3H3,(H,21,24,28). The molecule has 0 fully saturated rings. The lowest BCUT2D eigenvalue weighted by Crippen LogP contribution is -2.14. The Morgan fingerprint density at radius 1 is 1.16 bits per heavy atom. The quantitative estimate of drug-likeness (QED) is 0.408. The Labute approximate surface area is 187 Å². The maximum Gasteiger partial charge on any atom is 0.236 e. The van der Waals surface area contributed by atoms with Crippen LogP contribution in [0.15, 0.2) is 47.8 Å². The van der Waals surface area contributed by atoms with Crippen molar-refractivity contribution in [2.24, 2.45) is 7.05 Å². The number of benzene rings is 1. The highest BCUT2D eigenvalue weighted by Crippen LogP contribution is 2.25. The molecule has 9 nitrogen and oxygen atoms in total. The molecular weight excluding hydrogens is 434 g/mol. The molecule has 4 aromatic rings. The molecule has 0 unspecified atom stereocenters. The zero-order valence-electron chi connectivity index (χ0n) is 17.3. The highest BCUT2D eigenvalue weighted by atomic mass is 32.2. The van der Waals surface area contributed by atoms with Crippen molar-refractivity contribution in [3.05, 3.63) is 59.1 Å². The van der Waals surface area contributed by atoms with Crippen LogP contribution in [0.25, 0.3) is 5.69 Å². The molecule has 1 aromatic carbocycles. The monoisotopic (exact) mass is 455 g/mol. The van der Waals surface area contributed by atoms with E-state index in [1.54, 1.807) is 7.11 Å². The fourth-order valence-electron chi connectivity index (χ4n) is 2.97. The molecule has 0 saturated carbocycles. The van der Waals surface area contributed by atoms with Gasteiger partial charge < -0.3 is 9.30 Å². The minimum absolute atomic E-state index is 0.172. The van der Waals surface area contributed by atoms with Crippen LogP contribution in [-0.2, 0) is 18.3 Å². The second-order valence-electron chi connectivity index (χ2n) is 6.68. The van der Waals surface area contributed by atoms with Gasteiger partial charge >= 0.3 is 0 Å². The number of rotatable bonds is 8. The van der Waals surface area contributed by atoms with Crippen LogP contribution in [0.5, 0.6) is 5.75 Å². The number of methoxy groups -OCH3 is 1. The summed E-state index contributed by atoms with van der Waals surface area (Å²) in [6.45, 7) is 1.84. The molecule has 3 heterocycles. The third kappa shape index (κ3) is 4.94. The van der Waals surface area contributed by atoms with E-state index in [0.29, 0.717) is 16.7 Å². The van der Waals surface area contributed by atoms with Gasteiger partial charge in [-0.3, -0.25) is 14.7 Å². The topological polar surface area (TPSA) is 99.8 Å². The summed E-state index contributed by atoms with van der Waals surface area (Å²) >= 11 is 2.66. The van der Waals surface area contributed by atoms with Gasteiger partial charge in [-0.2, -0.15) is 0 Å². The molecule has 0 saturated heterocycles. The Balaban J connectivity index is 1.57. The number of carbonyl (C=O) groups is 1. The van der Waals surface area contributed by atoms with Crippen LogP contribution >= 0.6 is 23.1 Å². The third-order valence-corrected chi connectivity index (χ3v) is 6.21. The Hall–Kier alpha value is -3.18. The van der Waals surface area contributed by atoms with Crippen molar-refractivity contribution < 1.29 is 9.53 Å². The van der Waals surface area contributed by atoms with Crippen LogP contribution in [0.4, 0.5) is 5.13 Å². The highest BCUT2D eigenvalue weighted by molar-refractivity contribution is 7.99. The first-order valence-corrected chi connectivity index (χ1v) is 11.3. The lowest BCUT2D eigenvalue weighted by Gasteiger charge is -2.11. The number of aromatic nitrogens is 6. The third-order valence-electron chi connectivity index (χ3n) is 4.53. The molecule has 3 aromatic heterocycles. The predicted octanol–water partition coefficient (Wildman–Crippen LogP) is 3.10. The van der Waals surface area contributed by atoms with Crippen molar-refractivity contribution >= 4 is 34.1 Å². The number of anilines is 1. The number of nitrogens with one attached hydrogen (secondary N) is 1. The zero-order valence-corrected chi connectivity index (χ0v) is 18.9. The van der Waals surface area contributed by atoms with E-state index < -0.39 is 0 Å². The molecule has 0 atom stereocenters. The molecule has 0 bridgehead atoms. The van der Waals surface area contributed by atoms with Crippen LogP contribution in [0.1, 0.15) is 16.5 Å². The van der Waals surface area contributed by atoms with Gasteiger partial charge in [-0.05, 0) is 43.3 Å². The van der Waals surface area contributed by atoms with E-state index in [1.807, 2.05) is 55.1 Å². The number of carbonyl (C=O) groups excluding carboxylic acids is 1. The average Bonchev–Trinajstić information content (AvgIpc) is 3.48. The lowest BCUT2D eigenvalue weighted by atomic mass is 10.2. The average molecular weight is 456 g/mol. The lowest BCUT2D eigenvalue weighted by molar-refractivity contribution is -0.113. The van der Waals surface area contributed by atoms with E-state index in [0.717, 1.165) is 28.0 Å². The number of ether oxygens (including phenoxy) is 1. The summed E-state index contributed by atoms with van der Waals surface area (Å²) in [7, 11) is 3.63. The van der Waals surface area contributed by atoms with E-state index in [1.165, 1.54) is 23.1 Å². The van der Waals surface area contributed by atoms with Gasteiger partial charge in [0.05, 0.1) is 12.9 Å². The first kappa shape index (κ1) is 21.1. The Kier molecular flexibility index (Phi) is 6.33. The number of nitrogens with zero attached hydrogens (tertiary/aromatic N) is 6. The van der Waals surface area contributed by atoms with Gasteiger partial charge in [0, 0.05) is 31.0 Å². The molecule has 1 N–H and O–H groups in total. The van der Waals surface area contributed by atoms with Gasteiger partial charge in [-0.1, -0.05) is 23.1 Å². The SMILES string of the molecule is COc1ccc(-n2c(Cc3cccn3C)nnc2SCC(=O)Nc2nnc(C)s2)cc1. The maximum atomic E-state index is 12.4. The van der Waals surface area contributed by atoms with Gasteiger partial charge in [0.25, 0.3) is 0 Å². The fraction of sp³-hybridized carbons (Fsp3) is 0.250. The minimum Gasteiger partial charge on any atom is -0.497 e. The number of thioether (sulfide) groups is 1. The molecule has 160 valence electrons. The van der Waals surface area contributed by atoms with Crippen molar-refractivity contribution in [2.75, 3.05) is 18.2 Å². The summed E-state index contributed by atoms with van der Waals surface area (Å²) in [6, 6.07) is 11.7. The number of hydrogen-bond donors (Lipinski definition) is 1. The van der Waals surface area contributed by atoms with Gasteiger partial charge in [0.1, 0.15) is 16.6 Å². The summed E-state index contributed by atoms with van der Waals surface area (Å²) in [4.78, 5) is 12.4. The van der Waals surface area contributed by atoms with E-state index in [9.17, 15) is 4.79 Å². The smallest absolute Gasteiger partial charge is 0.236 e. The van der Waals surface area contributed by atoms with Crippen LogP contribution in [0, 0.1) is 6.92 Å². The number of aryl methyl sites for hydroxylation is 2. The zero-order chi connectivity index (χ0) is 21.8. The van der Waals surface area contributed by atoms with Crippen LogP contribution in [0.2, 0.25) is 0 Å². The van der Waals surface area contributed by atoms with Crippen molar-refractivity contribution in [1.82, 2.24) is 29.5 Å². The van der Waals surface area contributed by atoms with E-state index in [4.69, 9.17) is 4.74 Å². The van der Waals surface area contributed by atoms with E-state index >= 15 is 0 Å². The molecular formula is C20H21N7O2S2. The van der Waals surface area contributed by atoms with Gasteiger partial charge in [-0.25, -0.2) is 0 Å². The van der Waals surface area contributed by atoms with Crippen molar-refractivity contribution in [1.29, 1.82) is 0 Å². The number of hydrogen-bond acceptors (Lipinski definition) is 8. The minimum atomic E-state index is -0.172. The van der Waals surface area contributed by atoms with Crippen LogP contribution in [0.3, 0.4) is 0 Å². The van der Waals surface area contributed by atoms with Crippen molar-refractivity contribution in [2.45, 2.75) is 18.5 Å². The first-order valence-electron chi connectivity index (χ1n) is 9.45. The summed E-state index contributed by atoms with van der Waals surface area (Å²) in [6.07, 6.45) is 2.61. The van der Waals surface area contributed by atoms with Crippen molar-refractivity contribution in [3.63, 3.8) is 0 Å². The van der Waals surface area contributed by atoms with Gasteiger partial charge in [0.2, 0.25) is 11.0 Å². The molecule has 11 heteroatoms. The van der Waals surface area contributed by atoms with E-state index in [2.05, 4.69) is 36.3 Å². The maximum absolute atomic E-state index is 12.4. The second-order valence-corrected chi connectivity index (χ2v) is 8.81. The molecule has 1 amide bonds. The normalized spacial score (nSPS) is 10.9. The molecule has 0 radical (unpaired) electrons.